The van der Waals surface area contributed by atoms with E-state index in [1.165, 1.54) is 16.3 Å². The summed E-state index contributed by atoms with van der Waals surface area (Å²) in [5.74, 6) is 0.981. The predicted octanol–water partition coefficient (Wildman–Crippen LogP) is 2.83. The summed E-state index contributed by atoms with van der Waals surface area (Å²) in [4.78, 5) is 4.85. The highest BCUT2D eigenvalue weighted by Gasteiger charge is 2.32. The van der Waals surface area contributed by atoms with Crippen molar-refractivity contribution in [2.75, 3.05) is 39.8 Å². The SMILES string of the molecule is CCN(C)C[C@@H]1CN(Cc2ccc3ccccc3c2)C[C@@H]1CO. The molecule has 1 N–H and O–H groups in total. The van der Waals surface area contributed by atoms with Gasteiger partial charge in [-0.2, -0.15) is 0 Å². The molecule has 3 heteroatoms. The fourth-order valence-corrected chi connectivity index (χ4v) is 3.70. The molecule has 0 radical (unpaired) electrons. The number of aliphatic hydroxyl groups excluding tert-OH is 1. The first-order chi connectivity index (χ1) is 11.2. The van der Waals surface area contributed by atoms with Gasteiger partial charge in [0.1, 0.15) is 0 Å². The fraction of sp³-hybridized carbons (Fsp3) is 0.500. The zero-order valence-electron chi connectivity index (χ0n) is 14.3. The number of nitrogens with zero attached hydrogens (tertiary/aromatic N) is 2. The van der Waals surface area contributed by atoms with E-state index in [1.807, 2.05) is 0 Å². The van der Waals surface area contributed by atoms with Gasteiger partial charge in [-0.05, 0) is 47.8 Å². The van der Waals surface area contributed by atoms with Crippen molar-refractivity contribution < 1.29 is 5.11 Å². The van der Waals surface area contributed by atoms with Gasteiger partial charge in [0.15, 0.2) is 0 Å². The predicted molar refractivity (Wildman–Crippen MR) is 96.5 cm³/mol. The van der Waals surface area contributed by atoms with E-state index in [4.69, 9.17) is 0 Å². The molecular weight excluding hydrogens is 284 g/mol. The highest BCUT2D eigenvalue weighted by atomic mass is 16.3. The van der Waals surface area contributed by atoms with E-state index in [0.29, 0.717) is 18.4 Å². The third-order valence-corrected chi connectivity index (χ3v) is 5.19. The van der Waals surface area contributed by atoms with Gasteiger partial charge in [0.2, 0.25) is 0 Å². The van der Waals surface area contributed by atoms with Gasteiger partial charge in [-0.25, -0.2) is 0 Å². The molecule has 1 aliphatic heterocycles. The molecule has 0 amide bonds. The molecule has 124 valence electrons. The maximum absolute atomic E-state index is 9.70. The van der Waals surface area contributed by atoms with E-state index in [0.717, 1.165) is 32.7 Å². The van der Waals surface area contributed by atoms with Crippen LogP contribution in [-0.2, 0) is 6.54 Å². The Morgan fingerprint density at radius 3 is 2.57 bits per heavy atom. The van der Waals surface area contributed by atoms with Crippen LogP contribution < -0.4 is 0 Å². The van der Waals surface area contributed by atoms with Crippen molar-refractivity contribution in [1.82, 2.24) is 9.80 Å². The van der Waals surface area contributed by atoms with Crippen molar-refractivity contribution in [2.45, 2.75) is 13.5 Å². The lowest BCUT2D eigenvalue weighted by molar-refractivity contribution is 0.177. The molecule has 0 unspecified atom stereocenters. The Morgan fingerprint density at radius 1 is 1.09 bits per heavy atom. The lowest BCUT2D eigenvalue weighted by Crippen LogP contribution is -2.31. The number of aliphatic hydroxyl groups is 1. The minimum Gasteiger partial charge on any atom is -0.396 e. The Labute approximate surface area is 139 Å². The molecule has 0 aliphatic carbocycles. The molecule has 0 bridgehead atoms. The van der Waals surface area contributed by atoms with Crippen LogP contribution in [0.25, 0.3) is 10.8 Å². The molecule has 2 aromatic rings. The third-order valence-electron chi connectivity index (χ3n) is 5.19. The maximum atomic E-state index is 9.70. The van der Waals surface area contributed by atoms with Crippen LogP contribution >= 0.6 is 0 Å². The topological polar surface area (TPSA) is 26.7 Å². The van der Waals surface area contributed by atoms with E-state index >= 15 is 0 Å². The van der Waals surface area contributed by atoms with Gasteiger partial charge in [-0.3, -0.25) is 4.90 Å². The van der Waals surface area contributed by atoms with Crippen molar-refractivity contribution in [2.24, 2.45) is 11.8 Å². The Kier molecular flexibility index (Phi) is 5.31. The van der Waals surface area contributed by atoms with Gasteiger partial charge in [0, 0.05) is 32.8 Å². The summed E-state index contributed by atoms with van der Waals surface area (Å²) in [5.41, 5.74) is 1.37. The molecular formula is C20H28N2O. The Bertz CT molecular complexity index is 642. The second-order valence-electron chi connectivity index (χ2n) is 6.93. The van der Waals surface area contributed by atoms with Gasteiger partial charge in [-0.15, -0.1) is 0 Å². The van der Waals surface area contributed by atoms with Gasteiger partial charge >= 0.3 is 0 Å². The third kappa shape index (κ3) is 3.92. The van der Waals surface area contributed by atoms with Crippen LogP contribution in [0.5, 0.6) is 0 Å². The van der Waals surface area contributed by atoms with Crippen molar-refractivity contribution >= 4 is 10.8 Å². The second kappa shape index (κ2) is 7.43. The summed E-state index contributed by atoms with van der Waals surface area (Å²) in [7, 11) is 2.17. The Morgan fingerprint density at radius 2 is 1.83 bits per heavy atom. The minimum atomic E-state index is 0.302. The summed E-state index contributed by atoms with van der Waals surface area (Å²) >= 11 is 0. The highest BCUT2D eigenvalue weighted by Crippen LogP contribution is 2.26. The summed E-state index contributed by atoms with van der Waals surface area (Å²) in [6, 6.07) is 15.3. The molecule has 0 saturated carbocycles. The number of hydrogen-bond acceptors (Lipinski definition) is 3. The van der Waals surface area contributed by atoms with Gasteiger partial charge in [0.25, 0.3) is 0 Å². The standard InChI is InChI=1S/C20H28N2O/c1-3-21(2)12-19-13-22(14-20(19)15-23)11-16-8-9-17-6-4-5-7-18(17)10-16/h4-10,19-20,23H,3,11-15H2,1-2H3/t19-,20-/m1/s1. The molecule has 3 nitrogen and oxygen atoms in total. The van der Waals surface area contributed by atoms with Crippen LogP contribution in [0, 0.1) is 11.8 Å². The molecule has 1 saturated heterocycles. The largest absolute Gasteiger partial charge is 0.396 e. The molecule has 2 aromatic carbocycles. The zero-order valence-corrected chi connectivity index (χ0v) is 14.3. The number of rotatable bonds is 6. The Balaban J connectivity index is 1.67. The summed E-state index contributed by atoms with van der Waals surface area (Å²) < 4.78 is 0. The highest BCUT2D eigenvalue weighted by molar-refractivity contribution is 5.82. The number of fused-ring (bicyclic) bond motifs is 1. The van der Waals surface area contributed by atoms with E-state index in [9.17, 15) is 5.11 Å². The number of likely N-dealkylation sites (tertiary alicyclic amines) is 1. The monoisotopic (exact) mass is 312 g/mol. The molecule has 1 fully saturated rings. The quantitative estimate of drug-likeness (QED) is 0.888. The molecule has 0 spiro atoms. The van der Waals surface area contributed by atoms with Crippen molar-refractivity contribution in [1.29, 1.82) is 0 Å². The van der Waals surface area contributed by atoms with Crippen molar-refractivity contribution in [3.8, 4) is 0 Å². The summed E-state index contributed by atoms with van der Waals surface area (Å²) in [6.45, 7) is 7.71. The number of hydrogen-bond donors (Lipinski definition) is 1. The average molecular weight is 312 g/mol. The first-order valence-electron chi connectivity index (χ1n) is 8.69. The molecule has 1 heterocycles. The zero-order chi connectivity index (χ0) is 16.2. The van der Waals surface area contributed by atoms with Gasteiger partial charge in [-0.1, -0.05) is 43.3 Å². The first-order valence-corrected chi connectivity index (χ1v) is 8.69. The molecule has 1 aliphatic rings. The number of benzene rings is 2. The molecule has 23 heavy (non-hydrogen) atoms. The molecule has 0 aromatic heterocycles. The van der Waals surface area contributed by atoms with Gasteiger partial charge in [0.05, 0.1) is 0 Å². The van der Waals surface area contributed by atoms with Crippen molar-refractivity contribution in [3.05, 3.63) is 48.0 Å². The van der Waals surface area contributed by atoms with Crippen LogP contribution in [0.15, 0.2) is 42.5 Å². The second-order valence-corrected chi connectivity index (χ2v) is 6.93. The fourth-order valence-electron chi connectivity index (χ4n) is 3.70. The first kappa shape index (κ1) is 16.4. The normalized spacial score (nSPS) is 22.3. The minimum absolute atomic E-state index is 0.302. The van der Waals surface area contributed by atoms with Crippen LogP contribution in [-0.4, -0.2) is 54.7 Å². The maximum Gasteiger partial charge on any atom is 0.0475 e. The van der Waals surface area contributed by atoms with E-state index < -0.39 is 0 Å². The smallest absolute Gasteiger partial charge is 0.0475 e. The van der Waals surface area contributed by atoms with Crippen molar-refractivity contribution in [3.63, 3.8) is 0 Å². The lowest BCUT2D eigenvalue weighted by Gasteiger charge is -2.22. The van der Waals surface area contributed by atoms with Crippen LogP contribution in [0.3, 0.4) is 0 Å². The molecule has 2 atom stereocenters. The summed E-state index contributed by atoms with van der Waals surface area (Å²) in [6.07, 6.45) is 0. The van der Waals surface area contributed by atoms with E-state index in [-0.39, 0.29) is 0 Å². The van der Waals surface area contributed by atoms with Crippen LogP contribution in [0.2, 0.25) is 0 Å². The average Bonchev–Trinajstić information content (AvgIpc) is 2.96. The summed E-state index contributed by atoms with van der Waals surface area (Å²) in [5, 5.41) is 12.3. The van der Waals surface area contributed by atoms with E-state index in [2.05, 4.69) is 66.2 Å². The molecule has 3 rings (SSSR count). The van der Waals surface area contributed by atoms with Crippen LogP contribution in [0.4, 0.5) is 0 Å². The Hall–Kier alpha value is -1.42. The van der Waals surface area contributed by atoms with Crippen LogP contribution in [0.1, 0.15) is 12.5 Å². The lowest BCUT2D eigenvalue weighted by atomic mass is 9.96. The van der Waals surface area contributed by atoms with Gasteiger partial charge < -0.3 is 10.0 Å². The van der Waals surface area contributed by atoms with E-state index in [1.54, 1.807) is 0 Å².